The van der Waals surface area contributed by atoms with Crippen LogP contribution in [-0.2, 0) is 4.74 Å². The molecule has 0 aromatic heterocycles. The van der Waals surface area contributed by atoms with E-state index in [0.717, 1.165) is 19.1 Å². The van der Waals surface area contributed by atoms with E-state index in [1.54, 1.807) is 0 Å². The fourth-order valence-electron chi connectivity index (χ4n) is 3.49. The zero-order valence-corrected chi connectivity index (χ0v) is 14.1. The van der Waals surface area contributed by atoms with Gasteiger partial charge < -0.3 is 10.1 Å². The van der Waals surface area contributed by atoms with Crippen LogP contribution in [0.15, 0.2) is 18.2 Å². The maximum Gasteiger partial charge on any atom is 0.0665 e. The highest BCUT2D eigenvalue weighted by molar-refractivity contribution is 5.30. The summed E-state index contributed by atoms with van der Waals surface area (Å²) >= 11 is 0. The number of aryl methyl sites for hydroxylation is 2. The molecule has 1 aromatic carbocycles. The van der Waals surface area contributed by atoms with Gasteiger partial charge in [0.15, 0.2) is 0 Å². The number of hydrogen-bond acceptors (Lipinski definition) is 2. The van der Waals surface area contributed by atoms with Crippen molar-refractivity contribution in [3.8, 4) is 0 Å². The molecule has 0 radical (unpaired) electrons. The lowest BCUT2D eigenvalue weighted by Crippen LogP contribution is -2.29. The quantitative estimate of drug-likeness (QED) is 0.829. The molecule has 0 aliphatic heterocycles. The third kappa shape index (κ3) is 5.12. The summed E-state index contributed by atoms with van der Waals surface area (Å²) in [6.45, 7) is 10.6. The Morgan fingerprint density at radius 2 is 1.90 bits per heavy atom. The zero-order chi connectivity index (χ0) is 15.2. The Morgan fingerprint density at radius 1 is 1.19 bits per heavy atom. The number of likely N-dealkylation sites (N-methyl/N-ethyl adjacent to an activating group) is 1. The fraction of sp³-hybridized carbons (Fsp3) is 0.684. The van der Waals surface area contributed by atoms with Crippen molar-refractivity contribution in [2.45, 2.75) is 65.5 Å². The minimum absolute atomic E-state index is 0.311. The number of nitrogens with one attached hydrogen (secondary N) is 1. The molecule has 118 valence electrons. The van der Waals surface area contributed by atoms with Gasteiger partial charge in [0.05, 0.1) is 18.8 Å². The molecular weight excluding hydrogens is 258 g/mol. The molecule has 1 N–H and O–H groups in total. The average Bonchev–Trinajstić information content (AvgIpc) is 2.42. The van der Waals surface area contributed by atoms with Crippen LogP contribution in [0.1, 0.15) is 62.3 Å². The van der Waals surface area contributed by atoms with E-state index >= 15 is 0 Å². The van der Waals surface area contributed by atoms with Crippen LogP contribution in [0.4, 0.5) is 0 Å². The predicted molar refractivity (Wildman–Crippen MR) is 89.7 cm³/mol. The van der Waals surface area contributed by atoms with Crippen LogP contribution in [0.3, 0.4) is 0 Å². The second kappa shape index (κ2) is 7.95. The van der Waals surface area contributed by atoms with Crippen LogP contribution in [0.2, 0.25) is 0 Å². The first-order valence-electron chi connectivity index (χ1n) is 8.51. The minimum Gasteiger partial charge on any atom is -0.376 e. The largest absolute Gasteiger partial charge is 0.376 e. The lowest BCUT2D eigenvalue weighted by atomic mass is 9.88. The molecular formula is C19H31NO. The third-order valence-corrected chi connectivity index (χ3v) is 4.48. The summed E-state index contributed by atoms with van der Waals surface area (Å²) in [4.78, 5) is 0. The van der Waals surface area contributed by atoms with Gasteiger partial charge in [-0.25, -0.2) is 0 Å². The fourth-order valence-corrected chi connectivity index (χ4v) is 3.49. The molecule has 0 heterocycles. The number of rotatable bonds is 6. The maximum atomic E-state index is 6.24. The van der Waals surface area contributed by atoms with E-state index in [4.69, 9.17) is 4.74 Å². The molecule has 0 saturated heterocycles. The first-order chi connectivity index (χ1) is 10.1. The molecule has 2 heteroatoms. The Balaban J connectivity index is 1.98. The van der Waals surface area contributed by atoms with Crippen molar-refractivity contribution in [2.75, 3.05) is 13.2 Å². The molecule has 1 saturated carbocycles. The SMILES string of the molecule is CCNC(COC1CCCC(C)C1)c1cc(C)cc(C)c1. The molecule has 21 heavy (non-hydrogen) atoms. The Bertz CT molecular complexity index is 423. The van der Waals surface area contributed by atoms with Crippen LogP contribution in [-0.4, -0.2) is 19.3 Å². The van der Waals surface area contributed by atoms with Gasteiger partial charge in [-0.05, 0) is 44.7 Å². The Hall–Kier alpha value is -0.860. The highest BCUT2D eigenvalue weighted by Gasteiger charge is 2.21. The zero-order valence-electron chi connectivity index (χ0n) is 14.1. The third-order valence-electron chi connectivity index (χ3n) is 4.48. The van der Waals surface area contributed by atoms with E-state index in [0.29, 0.717) is 12.1 Å². The molecule has 3 unspecified atom stereocenters. The summed E-state index contributed by atoms with van der Waals surface area (Å²) in [5.41, 5.74) is 4.02. The standard InChI is InChI=1S/C19H31NO/c1-5-20-19(17-10-15(3)9-16(4)11-17)13-21-18-8-6-7-14(2)12-18/h9-11,14,18-20H,5-8,12-13H2,1-4H3. The minimum atomic E-state index is 0.311. The lowest BCUT2D eigenvalue weighted by Gasteiger charge is -2.29. The highest BCUT2D eigenvalue weighted by atomic mass is 16.5. The van der Waals surface area contributed by atoms with Crippen molar-refractivity contribution in [2.24, 2.45) is 5.92 Å². The van der Waals surface area contributed by atoms with Gasteiger partial charge in [0, 0.05) is 0 Å². The Morgan fingerprint density at radius 3 is 2.52 bits per heavy atom. The van der Waals surface area contributed by atoms with Crippen molar-refractivity contribution in [1.82, 2.24) is 5.32 Å². The molecule has 2 nitrogen and oxygen atoms in total. The normalized spacial score (nSPS) is 24.0. The van der Waals surface area contributed by atoms with Crippen molar-refractivity contribution in [3.05, 3.63) is 34.9 Å². The van der Waals surface area contributed by atoms with Gasteiger partial charge in [0.2, 0.25) is 0 Å². The van der Waals surface area contributed by atoms with Crippen molar-refractivity contribution < 1.29 is 4.74 Å². The summed E-state index contributed by atoms with van der Waals surface area (Å²) in [5, 5.41) is 3.58. The Labute approximate surface area is 130 Å². The molecule has 2 rings (SSSR count). The van der Waals surface area contributed by atoms with Gasteiger partial charge >= 0.3 is 0 Å². The van der Waals surface area contributed by atoms with Gasteiger partial charge in [0.25, 0.3) is 0 Å². The summed E-state index contributed by atoms with van der Waals surface area (Å²) < 4.78 is 6.24. The number of ether oxygens (including phenoxy) is 1. The molecule has 1 aliphatic rings. The number of hydrogen-bond donors (Lipinski definition) is 1. The van der Waals surface area contributed by atoms with Gasteiger partial charge in [0.1, 0.15) is 0 Å². The van der Waals surface area contributed by atoms with Gasteiger partial charge in [-0.3, -0.25) is 0 Å². The van der Waals surface area contributed by atoms with Crippen LogP contribution in [0.25, 0.3) is 0 Å². The van der Waals surface area contributed by atoms with Crippen LogP contribution in [0.5, 0.6) is 0 Å². The second-order valence-corrected chi connectivity index (χ2v) is 6.76. The Kier molecular flexibility index (Phi) is 6.25. The molecule has 0 amide bonds. The van der Waals surface area contributed by atoms with Crippen LogP contribution >= 0.6 is 0 Å². The van der Waals surface area contributed by atoms with E-state index in [1.807, 2.05) is 0 Å². The smallest absolute Gasteiger partial charge is 0.0665 e. The molecule has 0 spiro atoms. The van der Waals surface area contributed by atoms with E-state index in [-0.39, 0.29) is 0 Å². The van der Waals surface area contributed by atoms with Gasteiger partial charge in [-0.2, -0.15) is 0 Å². The lowest BCUT2D eigenvalue weighted by molar-refractivity contribution is 0.00416. The van der Waals surface area contributed by atoms with Crippen LogP contribution < -0.4 is 5.32 Å². The van der Waals surface area contributed by atoms with Crippen molar-refractivity contribution in [3.63, 3.8) is 0 Å². The van der Waals surface area contributed by atoms with Crippen molar-refractivity contribution >= 4 is 0 Å². The van der Waals surface area contributed by atoms with Crippen LogP contribution in [0, 0.1) is 19.8 Å². The monoisotopic (exact) mass is 289 g/mol. The highest BCUT2D eigenvalue weighted by Crippen LogP contribution is 2.27. The van der Waals surface area contributed by atoms with Gasteiger partial charge in [-0.15, -0.1) is 0 Å². The van der Waals surface area contributed by atoms with E-state index in [2.05, 4.69) is 51.2 Å². The van der Waals surface area contributed by atoms with E-state index in [1.165, 1.54) is 42.4 Å². The second-order valence-electron chi connectivity index (χ2n) is 6.76. The van der Waals surface area contributed by atoms with Gasteiger partial charge in [-0.1, -0.05) is 56.0 Å². The summed E-state index contributed by atoms with van der Waals surface area (Å²) in [6, 6.07) is 7.11. The molecule has 1 aliphatic carbocycles. The molecule has 1 aromatic rings. The summed E-state index contributed by atoms with van der Waals surface area (Å²) in [5.74, 6) is 0.822. The number of benzene rings is 1. The van der Waals surface area contributed by atoms with E-state index in [9.17, 15) is 0 Å². The van der Waals surface area contributed by atoms with E-state index < -0.39 is 0 Å². The average molecular weight is 289 g/mol. The maximum absolute atomic E-state index is 6.24. The summed E-state index contributed by atoms with van der Waals surface area (Å²) in [6.07, 6.45) is 5.61. The first-order valence-corrected chi connectivity index (χ1v) is 8.51. The molecule has 1 fully saturated rings. The predicted octanol–water partition coefficient (Wildman–Crippen LogP) is 4.55. The molecule has 3 atom stereocenters. The topological polar surface area (TPSA) is 21.3 Å². The first kappa shape index (κ1) is 16.5. The summed E-state index contributed by atoms with van der Waals surface area (Å²) in [7, 11) is 0. The molecule has 0 bridgehead atoms. The van der Waals surface area contributed by atoms with Crippen molar-refractivity contribution in [1.29, 1.82) is 0 Å².